The van der Waals surface area contributed by atoms with Crippen LogP contribution in [0, 0.1) is 19.8 Å². The molecule has 6 heteroatoms. The van der Waals surface area contributed by atoms with Crippen LogP contribution in [-0.2, 0) is 11.2 Å². The molecule has 5 nitrogen and oxygen atoms in total. The minimum atomic E-state index is 0. The Bertz CT molecular complexity index is 469. The smallest absolute Gasteiger partial charge is 0.227 e. The highest BCUT2D eigenvalue weighted by Gasteiger charge is 2.34. The predicted octanol–water partition coefficient (Wildman–Crippen LogP) is 1.47. The molecule has 0 aliphatic carbocycles. The third-order valence-corrected chi connectivity index (χ3v) is 4.52. The van der Waals surface area contributed by atoms with Crippen molar-refractivity contribution in [1.29, 1.82) is 0 Å². The van der Waals surface area contributed by atoms with Gasteiger partial charge in [0.25, 0.3) is 0 Å². The normalized spacial score (nSPS) is 25.2. The second kappa shape index (κ2) is 6.14. The predicted molar refractivity (Wildman–Crippen MR) is 78.0 cm³/mol. The van der Waals surface area contributed by atoms with Crippen molar-refractivity contribution in [1.82, 2.24) is 15.4 Å². The number of amides is 1. The molecule has 2 aliphatic rings. The number of piperidine rings is 1. The van der Waals surface area contributed by atoms with Gasteiger partial charge in [0.1, 0.15) is 5.76 Å². The Hall–Kier alpha value is -1.07. The van der Waals surface area contributed by atoms with Crippen LogP contribution in [0.1, 0.15) is 29.9 Å². The van der Waals surface area contributed by atoms with Crippen molar-refractivity contribution in [2.24, 2.45) is 5.92 Å². The molecule has 2 fully saturated rings. The zero-order valence-corrected chi connectivity index (χ0v) is 12.8. The Morgan fingerprint density at radius 1 is 1.45 bits per heavy atom. The number of likely N-dealkylation sites (tertiary alicyclic amines) is 1. The summed E-state index contributed by atoms with van der Waals surface area (Å²) in [6.07, 6.45) is 2.70. The zero-order valence-electron chi connectivity index (χ0n) is 12.0. The Kier molecular flexibility index (Phi) is 4.70. The average Bonchev–Trinajstić information content (AvgIpc) is 2.99. The fourth-order valence-electron chi connectivity index (χ4n) is 3.29. The van der Waals surface area contributed by atoms with Gasteiger partial charge in [0, 0.05) is 24.7 Å². The van der Waals surface area contributed by atoms with Gasteiger partial charge in [-0.2, -0.15) is 0 Å². The maximum Gasteiger partial charge on any atom is 0.227 e. The Balaban J connectivity index is 0.00000147. The van der Waals surface area contributed by atoms with Crippen molar-refractivity contribution in [2.75, 3.05) is 19.6 Å². The SMILES string of the molecule is Cc1noc(C)c1CC(=O)N1CCC2NCCC2C1.Cl. The van der Waals surface area contributed by atoms with Gasteiger partial charge in [-0.3, -0.25) is 4.79 Å². The number of nitrogens with one attached hydrogen (secondary N) is 1. The van der Waals surface area contributed by atoms with E-state index in [9.17, 15) is 4.79 Å². The molecule has 1 aromatic heterocycles. The van der Waals surface area contributed by atoms with E-state index in [0.29, 0.717) is 18.4 Å². The summed E-state index contributed by atoms with van der Waals surface area (Å²) in [5.41, 5.74) is 1.79. The van der Waals surface area contributed by atoms with Gasteiger partial charge in [-0.15, -0.1) is 12.4 Å². The molecule has 2 atom stereocenters. The van der Waals surface area contributed by atoms with Crippen LogP contribution >= 0.6 is 12.4 Å². The lowest BCUT2D eigenvalue weighted by atomic mass is 9.93. The van der Waals surface area contributed by atoms with Gasteiger partial charge in [0.15, 0.2) is 0 Å². The van der Waals surface area contributed by atoms with E-state index in [4.69, 9.17) is 4.52 Å². The van der Waals surface area contributed by atoms with Crippen molar-refractivity contribution in [3.63, 3.8) is 0 Å². The van der Waals surface area contributed by atoms with E-state index in [0.717, 1.165) is 43.1 Å². The average molecular weight is 300 g/mol. The van der Waals surface area contributed by atoms with Crippen LogP contribution in [-0.4, -0.2) is 41.6 Å². The molecule has 3 heterocycles. The monoisotopic (exact) mass is 299 g/mol. The number of aromatic nitrogens is 1. The summed E-state index contributed by atoms with van der Waals surface area (Å²) in [6, 6.07) is 0.628. The minimum Gasteiger partial charge on any atom is -0.361 e. The number of aryl methyl sites for hydroxylation is 2. The second-order valence-electron chi connectivity index (χ2n) is 5.72. The van der Waals surface area contributed by atoms with Crippen molar-refractivity contribution in [2.45, 2.75) is 39.2 Å². The maximum absolute atomic E-state index is 12.4. The van der Waals surface area contributed by atoms with E-state index in [1.807, 2.05) is 18.7 Å². The lowest BCUT2D eigenvalue weighted by Crippen LogP contribution is -2.47. The molecular formula is C14H22ClN3O2. The first kappa shape index (κ1) is 15.3. The van der Waals surface area contributed by atoms with Gasteiger partial charge < -0.3 is 14.7 Å². The first-order chi connectivity index (χ1) is 9.15. The Morgan fingerprint density at radius 3 is 2.95 bits per heavy atom. The van der Waals surface area contributed by atoms with Crippen LogP contribution in [0.3, 0.4) is 0 Å². The number of fused-ring (bicyclic) bond motifs is 1. The van der Waals surface area contributed by atoms with Crippen molar-refractivity contribution in [3.8, 4) is 0 Å². The first-order valence-corrected chi connectivity index (χ1v) is 7.08. The summed E-state index contributed by atoms with van der Waals surface area (Å²) in [4.78, 5) is 14.4. The molecular weight excluding hydrogens is 278 g/mol. The lowest BCUT2D eigenvalue weighted by Gasteiger charge is -2.35. The third-order valence-electron chi connectivity index (χ3n) is 4.52. The van der Waals surface area contributed by atoms with Crippen LogP contribution in [0.5, 0.6) is 0 Å². The molecule has 1 amide bonds. The van der Waals surface area contributed by atoms with E-state index in [2.05, 4.69) is 10.5 Å². The number of nitrogens with zero attached hydrogens (tertiary/aromatic N) is 2. The maximum atomic E-state index is 12.4. The molecule has 3 rings (SSSR count). The van der Waals surface area contributed by atoms with Crippen LogP contribution in [0.2, 0.25) is 0 Å². The van der Waals surface area contributed by atoms with Crippen molar-refractivity contribution < 1.29 is 9.32 Å². The molecule has 20 heavy (non-hydrogen) atoms. The van der Waals surface area contributed by atoms with Gasteiger partial charge in [-0.1, -0.05) is 5.16 Å². The summed E-state index contributed by atoms with van der Waals surface area (Å²) in [7, 11) is 0. The molecule has 0 aromatic carbocycles. The molecule has 1 N–H and O–H groups in total. The quantitative estimate of drug-likeness (QED) is 0.898. The molecule has 0 spiro atoms. The van der Waals surface area contributed by atoms with E-state index >= 15 is 0 Å². The van der Waals surface area contributed by atoms with E-state index in [1.165, 1.54) is 6.42 Å². The van der Waals surface area contributed by atoms with E-state index in [-0.39, 0.29) is 18.3 Å². The first-order valence-electron chi connectivity index (χ1n) is 7.08. The highest BCUT2D eigenvalue weighted by Crippen LogP contribution is 2.25. The number of carbonyl (C=O) groups is 1. The molecule has 2 saturated heterocycles. The molecule has 0 bridgehead atoms. The van der Waals surface area contributed by atoms with Crippen LogP contribution in [0.25, 0.3) is 0 Å². The summed E-state index contributed by atoms with van der Waals surface area (Å²) < 4.78 is 5.12. The van der Waals surface area contributed by atoms with Gasteiger partial charge in [0.05, 0.1) is 12.1 Å². The third kappa shape index (κ3) is 2.83. The summed E-state index contributed by atoms with van der Waals surface area (Å²) in [5.74, 6) is 1.62. The summed E-state index contributed by atoms with van der Waals surface area (Å²) in [5, 5.41) is 7.43. The van der Waals surface area contributed by atoms with Crippen LogP contribution in [0.15, 0.2) is 4.52 Å². The molecule has 112 valence electrons. The molecule has 0 radical (unpaired) electrons. The molecule has 0 saturated carbocycles. The molecule has 2 aliphatic heterocycles. The largest absolute Gasteiger partial charge is 0.361 e. The van der Waals surface area contributed by atoms with Crippen molar-refractivity contribution >= 4 is 18.3 Å². The number of hydrogen-bond donors (Lipinski definition) is 1. The fraction of sp³-hybridized carbons (Fsp3) is 0.714. The second-order valence-corrected chi connectivity index (χ2v) is 5.72. The van der Waals surface area contributed by atoms with Crippen molar-refractivity contribution in [3.05, 3.63) is 17.0 Å². The highest BCUT2D eigenvalue weighted by atomic mass is 35.5. The number of halogens is 1. The Morgan fingerprint density at radius 2 is 2.25 bits per heavy atom. The standard InChI is InChI=1S/C14H21N3O2.ClH/c1-9-12(10(2)19-16-9)7-14(18)17-6-4-13-11(8-17)3-5-15-13;/h11,13,15H,3-8H2,1-2H3;1H. The summed E-state index contributed by atoms with van der Waals surface area (Å²) >= 11 is 0. The topological polar surface area (TPSA) is 58.4 Å². The number of hydrogen-bond acceptors (Lipinski definition) is 4. The van der Waals surface area contributed by atoms with Gasteiger partial charge in [0.2, 0.25) is 5.91 Å². The lowest BCUT2D eigenvalue weighted by molar-refractivity contribution is -0.132. The van der Waals surface area contributed by atoms with Gasteiger partial charge in [-0.05, 0) is 39.2 Å². The molecule has 1 aromatic rings. The van der Waals surface area contributed by atoms with E-state index in [1.54, 1.807) is 0 Å². The van der Waals surface area contributed by atoms with E-state index < -0.39 is 0 Å². The van der Waals surface area contributed by atoms with Crippen LogP contribution < -0.4 is 5.32 Å². The summed E-state index contributed by atoms with van der Waals surface area (Å²) in [6.45, 7) is 6.64. The Labute approximate surface area is 125 Å². The zero-order chi connectivity index (χ0) is 13.4. The molecule has 2 unspecified atom stereocenters. The fourth-order valence-corrected chi connectivity index (χ4v) is 3.29. The van der Waals surface area contributed by atoms with Crippen LogP contribution in [0.4, 0.5) is 0 Å². The number of rotatable bonds is 2. The number of carbonyl (C=O) groups excluding carboxylic acids is 1. The van der Waals surface area contributed by atoms with Gasteiger partial charge >= 0.3 is 0 Å². The highest BCUT2D eigenvalue weighted by molar-refractivity contribution is 5.85. The minimum absolute atomic E-state index is 0. The van der Waals surface area contributed by atoms with Gasteiger partial charge in [-0.25, -0.2) is 0 Å².